The lowest BCUT2D eigenvalue weighted by Crippen LogP contribution is -2.29. The van der Waals surface area contributed by atoms with Crippen molar-refractivity contribution < 1.29 is 24.5 Å². The minimum atomic E-state index is -0.813. The van der Waals surface area contributed by atoms with E-state index >= 15 is 0 Å². The SMILES string of the molecule is Cc1cn(C)c(=O)c(NC(=O)Nc2c(CCC(=O)[OH2+])cccc2Oc2ccccc2)c1[O-]. The number of hydrogen-bond donors (Lipinski definition) is 2. The van der Waals surface area contributed by atoms with Crippen LogP contribution in [0.3, 0.4) is 0 Å². The van der Waals surface area contributed by atoms with Crippen LogP contribution in [-0.4, -0.2) is 21.7 Å². The van der Waals surface area contributed by atoms with E-state index in [4.69, 9.17) is 9.84 Å². The van der Waals surface area contributed by atoms with Gasteiger partial charge in [0.25, 0.3) is 5.56 Å². The molecular formula is C23H23N3O6. The molecule has 0 saturated carbocycles. The smallest absolute Gasteiger partial charge is 0.516 e. The van der Waals surface area contributed by atoms with Gasteiger partial charge in [0.15, 0.2) is 5.75 Å². The molecule has 0 atom stereocenters. The number of pyridine rings is 1. The molecule has 0 saturated heterocycles. The molecule has 166 valence electrons. The summed E-state index contributed by atoms with van der Waals surface area (Å²) >= 11 is 0. The number of hydrogen-bond acceptors (Lipinski definition) is 5. The average Bonchev–Trinajstić information content (AvgIpc) is 2.76. The molecule has 0 aliphatic rings. The van der Waals surface area contributed by atoms with Crippen molar-refractivity contribution in [2.75, 3.05) is 10.6 Å². The molecule has 9 heteroatoms. The molecule has 0 fully saturated rings. The van der Waals surface area contributed by atoms with E-state index in [2.05, 4.69) is 10.6 Å². The van der Waals surface area contributed by atoms with Gasteiger partial charge in [0.1, 0.15) is 17.9 Å². The number of urea groups is 1. The number of aromatic nitrogens is 1. The van der Waals surface area contributed by atoms with E-state index in [9.17, 15) is 19.5 Å². The van der Waals surface area contributed by atoms with Crippen molar-refractivity contribution in [3.63, 3.8) is 0 Å². The van der Waals surface area contributed by atoms with Crippen LogP contribution in [0.25, 0.3) is 0 Å². The first-order chi connectivity index (χ1) is 15.3. The summed E-state index contributed by atoms with van der Waals surface area (Å²) in [6.45, 7) is 1.55. The Kier molecular flexibility index (Phi) is 6.79. The van der Waals surface area contributed by atoms with Crippen LogP contribution in [0.1, 0.15) is 17.5 Å². The molecule has 32 heavy (non-hydrogen) atoms. The molecular weight excluding hydrogens is 414 g/mol. The van der Waals surface area contributed by atoms with E-state index in [1.54, 1.807) is 49.4 Å². The van der Waals surface area contributed by atoms with Gasteiger partial charge in [0.2, 0.25) is 0 Å². The standard InChI is InChI=1S/C23H23N3O6/c1-14-13-26(2)22(30)20(21(14)29)25-23(31)24-19-15(11-12-18(27)28)7-6-10-17(19)32-16-8-4-3-5-9-16/h3-10,13,29H,11-12H2,1-2H3,(H,27,28)(H2,24,25,31). The molecule has 1 heterocycles. The van der Waals surface area contributed by atoms with E-state index in [0.29, 0.717) is 22.6 Å². The van der Waals surface area contributed by atoms with Crippen molar-refractivity contribution in [3.8, 4) is 17.2 Å². The summed E-state index contributed by atoms with van der Waals surface area (Å²) in [6.07, 6.45) is 1.55. The minimum absolute atomic E-state index is 0.0474. The quantitative estimate of drug-likeness (QED) is 0.547. The number of amides is 2. The first-order valence-corrected chi connectivity index (χ1v) is 9.80. The number of nitrogens with zero attached hydrogens (tertiary/aromatic N) is 1. The van der Waals surface area contributed by atoms with E-state index in [1.807, 2.05) is 6.07 Å². The molecule has 4 N–H and O–H groups in total. The second kappa shape index (κ2) is 9.69. The number of nitrogens with one attached hydrogen (secondary N) is 2. The van der Waals surface area contributed by atoms with Crippen LogP contribution in [-0.2, 0) is 18.3 Å². The highest BCUT2D eigenvalue weighted by molar-refractivity contribution is 6.02. The van der Waals surface area contributed by atoms with Crippen LogP contribution >= 0.6 is 0 Å². The topological polar surface area (TPSA) is 135 Å². The van der Waals surface area contributed by atoms with Gasteiger partial charge in [0.05, 0.1) is 5.69 Å². The van der Waals surface area contributed by atoms with E-state index in [1.165, 1.54) is 17.8 Å². The summed E-state index contributed by atoms with van der Waals surface area (Å²) in [5.74, 6) is -0.481. The van der Waals surface area contributed by atoms with Crippen LogP contribution in [0.15, 0.2) is 59.5 Å². The molecule has 0 aliphatic carbocycles. The normalized spacial score (nSPS) is 10.4. The largest absolute Gasteiger partial charge is 0.871 e. The van der Waals surface area contributed by atoms with Gasteiger partial charge in [-0.25, -0.2) is 4.79 Å². The molecule has 9 nitrogen and oxygen atoms in total. The van der Waals surface area contributed by atoms with Gasteiger partial charge in [-0.15, -0.1) is 0 Å². The first kappa shape index (κ1) is 22.4. The Morgan fingerprint density at radius 3 is 2.44 bits per heavy atom. The molecule has 1 aromatic heterocycles. The second-order valence-electron chi connectivity index (χ2n) is 7.14. The lowest BCUT2D eigenvalue weighted by atomic mass is 10.1. The number of carbonyl (C=O) groups excluding carboxylic acids is 2. The number of para-hydroxylation sites is 2. The van der Waals surface area contributed by atoms with Crippen LogP contribution in [0, 0.1) is 6.92 Å². The van der Waals surface area contributed by atoms with E-state index in [0.717, 1.165) is 0 Å². The Bertz CT molecular complexity index is 1200. The summed E-state index contributed by atoms with van der Waals surface area (Å²) in [5, 5.41) is 24.5. The molecule has 2 aromatic carbocycles. The monoisotopic (exact) mass is 437 g/mol. The van der Waals surface area contributed by atoms with Crippen molar-refractivity contribution in [3.05, 3.63) is 76.2 Å². The summed E-state index contributed by atoms with van der Waals surface area (Å²) in [4.78, 5) is 36.2. The highest BCUT2D eigenvalue weighted by atomic mass is 16.5. The zero-order valence-electron chi connectivity index (χ0n) is 17.6. The summed E-state index contributed by atoms with van der Waals surface area (Å²) in [5.41, 5.74) is 0.143. The Balaban J connectivity index is 1.93. The van der Waals surface area contributed by atoms with Crippen LogP contribution in [0.4, 0.5) is 16.2 Å². The third-order valence-corrected chi connectivity index (χ3v) is 4.69. The molecule has 0 aliphatic heterocycles. The third-order valence-electron chi connectivity index (χ3n) is 4.69. The Morgan fingerprint density at radius 2 is 1.75 bits per heavy atom. The zero-order valence-corrected chi connectivity index (χ0v) is 17.6. The molecule has 2 amide bonds. The van der Waals surface area contributed by atoms with Gasteiger partial charge in [-0.2, -0.15) is 0 Å². The molecule has 3 rings (SSSR count). The summed E-state index contributed by atoms with van der Waals surface area (Å²) in [6, 6.07) is 13.1. The number of rotatable bonds is 7. The van der Waals surface area contributed by atoms with Gasteiger partial charge in [-0.05, 0) is 42.7 Å². The third kappa shape index (κ3) is 5.25. The van der Waals surface area contributed by atoms with Crippen molar-refractivity contribution >= 4 is 23.4 Å². The first-order valence-electron chi connectivity index (χ1n) is 9.80. The van der Waals surface area contributed by atoms with Crippen LogP contribution in [0.2, 0.25) is 0 Å². The van der Waals surface area contributed by atoms with Gasteiger partial charge in [-0.1, -0.05) is 36.1 Å². The van der Waals surface area contributed by atoms with Gasteiger partial charge in [-0.3, -0.25) is 4.79 Å². The Hall–Kier alpha value is -4.27. The summed E-state index contributed by atoms with van der Waals surface area (Å²) in [7, 11) is 1.48. The fraction of sp³-hybridized carbons (Fsp3) is 0.174. The second-order valence-corrected chi connectivity index (χ2v) is 7.14. The Morgan fingerprint density at radius 1 is 1.06 bits per heavy atom. The lowest BCUT2D eigenvalue weighted by Gasteiger charge is -2.20. The average molecular weight is 437 g/mol. The molecule has 0 bridgehead atoms. The van der Waals surface area contributed by atoms with Crippen LogP contribution < -0.4 is 26.0 Å². The number of benzene rings is 2. The maximum Gasteiger partial charge on any atom is 0.516 e. The number of carbonyl (C=O) groups is 2. The van der Waals surface area contributed by atoms with Crippen LogP contribution in [0.5, 0.6) is 17.2 Å². The van der Waals surface area contributed by atoms with Crippen molar-refractivity contribution in [2.24, 2.45) is 7.05 Å². The number of aryl methyl sites for hydroxylation is 3. The molecule has 3 aromatic rings. The maximum absolute atomic E-state index is 12.7. The maximum atomic E-state index is 12.7. The van der Waals surface area contributed by atoms with E-state index < -0.39 is 23.3 Å². The van der Waals surface area contributed by atoms with Gasteiger partial charge < -0.3 is 30.2 Å². The Labute approximate surface area is 183 Å². The highest BCUT2D eigenvalue weighted by Gasteiger charge is 2.17. The molecule has 0 radical (unpaired) electrons. The zero-order chi connectivity index (χ0) is 23.3. The lowest BCUT2D eigenvalue weighted by molar-refractivity contribution is -0.268. The minimum Gasteiger partial charge on any atom is -0.871 e. The summed E-state index contributed by atoms with van der Waals surface area (Å²) < 4.78 is 7.10. The fourth-order valence-corrected chi connectivity index (χ4v) is 3.12. The number of ether oxygens (including phenoxy) is 1. The van der Waals surface area contributed by atoms with Crippen molar-refractivity contribution in [2.45, 2.75) is 19.8 Å². The predicted octanol–water partition coefficient (Wildman–Crippen LogP) is 2.39. The fourth-order valence-electron chi connectivity index (χ4n) is 3.12. The van der Waals surface area contributed by atoms with E-state index in [-0.39, 0.29) is 24.2 Å². The van der Waals surface area contributed by atoms with Crippen molar-refractivity contribution in [1.29, 1.82) is 0 Å². The highest BCUT2D eigenvalue weighted by Crippen LogP contribution is 2.33. The van der Waals surface area contributed by atoms with Crippen molar-refractivity contribution in [1.82, 2.24) is 4.57 Å². The number of anilines is 2. The predicted molar refractivity (Wildman–Crippen MR) is 118 cm³/mol. The molecule has 0 unspecified atom stereocenters. The molecule has 0 spiro atoms. The van der Waals surface area contributed by atoms with Gasteiger partial charge in [0, 0.05) is 18.0 Å². The van der Waals surface area contributed by atoms with Gasteiger partial charge >= 0.3 is 12.0 Å².